The average molecular weight is 408 g/mol. The molecule has 0 fully saturated rings. The molecule has 0 saturated carbocycles. The van der Waals surface area contributed by atoms with Crippen molar-refractivity contribution >= 4 is 23.4 Å². The SMILES string of the molecule is CN(C)CCn1c2c(c(SCC(=O)Nc3ccc(F)cc3F)nc1=O)CCC2. The second kappa shape index (κ2) is 8.83. The summed E-state index contributed by atoms with van der Waals surface area (Å²) in [6.07, 6.45) is 2.59. The van der Waals surface area contributed by atoms with Gasteiger partial charge in [-0.15, -0.1) is 0 Å². The zero-order valence-electron chi connectivity index (χ0n) is 15.8. The Morgan fingerprint density at radius 2 is 2.11 bits per heavy atom. The number of nitrogens with one attached hydrogen (secondary N) is 1. The van der Waals surface area contributed by atoms with Crippen molar-refractivity contribution in [1.29, 1.82) is 0 Å². The number of anilines is 1. The molecule has 0 atom stereocenters. The summed E-state index contributed by atoms with van der Waals surface area (Å²) in [5.41, 5.74) is 1.62. The van der Waals surface area contributed by atoms with Crippen molar-refractivity contribution in [3.63, 3.8) is 0 Å². The second-order valence-corrected chi connectivity index (χ2v) is 7.86. The van der Waals surface area contributed by atoms with Crippen LogP contribution >= 0.6 is 11.8 Å². The zero-order valence-corrected chi connectivity index (χ0v) is 16.6. The summed E-state index contributed by atoms with van der Waals surface area (Å²) >= 11 is 1.17. The van der Waals surface area contributed by atoms with Crippen LogP contribution in [0, 0.1) is 11.6 Å². The van der Waals surface area contributed by atoms with E-state index in [1.54, 1.807) is 4.57 Å². The molecule has 0 unspecified atom stereocenters. The molecule has 1 aliphatic rings. The molecular formula is C19H22F2N4O2S. The Bertz CT molecular complexity index is 946. The van der Waals surface area contributed by atoms with Crippen LogP contribution in [-0.2, 0) is 24.2 Å². The lowest BCUT2D eigenvalue weighted by Crippen LogP contribution is -2.31. The second-order valence-electron chi connectivity index (χ2n) is 6.89. The van der Waals surface area contributed by atoms with E-state index in [9.17, 15) is 18.4 Å². The largest absolute Gasteiger partial charge is 0.348 e. The van der Waals surface area contributed by atoms with Crippen LogP contribution in [0.4, 0.5) is 14.5 Å². The van der Waals surface area contributed by atoms with Crippen molar-refractivity contribution in [1.82, 2.24) is 14.5 Å². The monoisotopic (exact) mass is 408 g/mol. The number of likely N-dealkylation sites (N-methyl/N-ethyl adjacent to an activating group) is 1. The number of rotatable bonds is 7. The molecule has 1 aliphatic carbocycles. The van der Waals surface area contributed by atoms with Gasteiger partial charge in [0.05, 0.1) is 11.4 Å². The van der Waals surface area contributed by atoms with Gasteiger partial charge in [0.25, 0.3) is 0 Å². The minimum absolute atomic E-state index is 0.0165. The van der Waals surface area contributed by atoms with E-state index in [1.807, 2.05) is 19.0 Å². The molecule has 3 rings (SSSR count). The van der Waals surface area contributed by atoms with Gasteiger partial charge in [-0.2, -0.15) is 4.98 Å². The fraction of sp³-hybridized carbons (Fsp3) is 0.421. The number of carbonyl (C=O) groups is 1. The number of benzene rings is 1. The number of hydrogen-bond acceptors (Lipinski definition) is 5. The molecule has 0 saturated heterocycles. The highest BCUT2D eigenvalue weighted by Gasteiger charge is 2.22. The molecular weight excluding hydrogens is 386 g/mol. The summed E-state index contributed by atoms with van der Waals surface area (Å²) in [6, 6.07) is 2.97. The number of halogens is 2. The summed E-state index contributed by atoms with van der Waals surface area (Å²) in [5.74, 6) is -2.00. The van der Waals surface area contributed by atoms with Gasteiger partial charge in [0.2, 0.25) is 5.91 Å². The van der Waals surface area contributed by atoms with Gasteiger partial charge in [0, 0.05) is 30.4 Å². The van der Waals surface area contributed by atoms with Gasteiger partial charge in [-0.05, 0) is 45.5 Å². The first kappa shape index (κ1) is 20.5. The topological polar surface area (TPSA) is 67.2 Å². The summed E-state index contributed by atoms with van der Waals surface area (Å²) in [4.78, 5) is 30.8. The zero-order chi connectivity index (χ0) is 20.3. The summed E-state index contributed by atoms with van der Waals surface area (Å²) in [6.45, 7) is 1.32. The van der Waals surface area contributed by atoms with E-state index >= 15 is 0 Å². The van der Waals surface area contributed by atoms with E-state index in [-0.39, 0.29) is 17.1 Å². The Kier molecular flexibility index (Phi) is 6.46. The van der Waals surface area contributed by atoms with Crippen LogP contribution in [0.1, 0.15) is 17.7 Å². The Hall–Kier alpha value is -2.26. The molecule has 2 aromatic rings. The maximum atomic E-state index is 13.7. The predicted octanol–water partition coefficient (Wildman–Crippen LogP) is 2.30. The maximum absolute atomic E-state index is 13.7. The quantitative estimate of drug-likeness (QED) is 0.563. The summed E-state index contributed by atoms with van der Waals surface area (Å²) in [5, 5.41) is 2.98. The smallest absolute Gasteiger partial charge is 0.323 e. The van der Waals surface area contributed by atoms with E-state index in [4.69, 9.17) is 0 Å². The molecule has 1 heterocycles. The molecule has 0 radical (unpaired) electrons. The predicted molar refractivity (Wildman–Crippen MR) is 105 cm³/mol. The van der Waals surface area contributed by atoms with Crippen LogP contribution in [0.2, 0.25) is 0 Å². The molecule has 0 spiro atoms. The molecule has 6 nitrogen and oxygen atoms in total. The molecule has 1 amide bonds. The fourth-order valence-electron chi connectivity index (χ4n) is 3.15. The van der Waals surface area contributed by atoms with Crippen LogP contribution in [-0.4, -0.2) is 46.8 Å². The average Bonchev–Trinajstić information content (AvgIpc) is 3.11. The lowest BCUT2D eigenvalue weighted by molar-refractivity contribution is -0.113. The molecule has 9 heteroatoms. The number of thioether (sulfide) groups is 1. The van der Waals surface area contributed by atoms with Gasteiger partial charge in [0.1, 0.15) is 16.7 Å². The molecule has 1 aromatic heterocycles. The van der Waals surface area contributed by atoms with E-state index in [2.05, 4.69) is 10.3 Å². The van der Waals surface area contributed by atoms with E-state index in [0.29, 0.717) is 17.6 Å². The number of carbonyl (C=O) groups excluding carboxylic acids is 1. The Morgan fingerprint density at radius 1 is 1.32 bits per heavy atom. The van der Waals surface area contributed by atoms with Gasteiger partial charge in [-0.1, -0.05) is 11.8 Å². The lowest BCUT2D eigenvalue weighted by atomic mass is 10.2. The molecule has 0 bridgehead atoms. The van der Waals surface area contributed by atoms with Crippen molar-refractivity contribution < 1.29 is 13.6 Å². The number of aromatic nitrogens is 2. The lowest BCUT2D eigenvalue weighted by Gasteiger charge is -2.16. The molecule has 1 aromatic carbocycles. The minimum Gasteiger partial charge on any atom is -0.323 e. The van der Waals surface area contributed by atoms with Gasteiger partial charge in [-0.25, -0.2) is 13.6 Å². The number of amides is 1. The third kappa shape index (κ3) is 4.77. The van der Waals surface area contributed by atoms with Crippen LogP contribution in [0.5, 0.6) is 0 Å². The molecule has 28 heavy (non-hydrogen) atoms. The van der Waals surface area contributed by atoms with Crippen molar-refractivity contribution in [3.05, 3.63) is 51.6 Å². The van der Waals surface area contributed by atoms with Crippen molar-refractivity contribution in [2.24, 2.45) is 0 Å². The molecule has 1 N–H and O–H groups in total. The van der Waals surface area contributed by atoms with Crippen LogP contribution < -0.4 is 11.0 Å². The Balaban J connectivity index is 1.71. The van der Waals surface area contributed by atoms with Crippen LogP contribution in [0.15, 0.2) is 28.0 Å². The highest BCUT2D eigenvalue weighted by atomic mass is 32.2. The van der Waals surface area contributed by atoms with Crippen molar-refractivity contribution in [2.75, 3.05) is 31.7 Å². The van der Waals surface area contributed by atoms with Crippen molar-refractivity contribution in [2.45, 2.75) is 30.8 Å². The maximum Gasteiger partial charge on any atom is 0.348 e. The van der Waals surface area contributed by atoms with Gasteiger partial charge < -0.3 is 10.2 Å². The highest BCUT2D eigenvalue weighted by Crippen LogP contribution is 2.29. The first-order chi connectivity index (χ1) is 13.3. The molecule has 0 aliphatic heterocycles. The minimum atomic E-state index is -0.833. The molecule has 150 valence electrons. The van der Waals surface area contributed by atoms with E-state index in [0.717, 1.165) is 43.1 Å². The number of fused-ring (bicyclic) bond motifs is 1. The van der Waals surface area contributed by atoms with Crippen LogP contribution in [0.3, 0.4) is 0 Å². The Labute approximate surface area is 166 Å². The standard InChI is InChI=1S/C19H22F2N4O2S/c1-24(2)8-9-25-16-5-3-4-13(16)18(23-19(25)27)28-11-17(26)22-15-7-6-12(20)10-14(15)21/h6-7,10H,3-5,8-9,11H2,1-2H3,(H,22,26). The van der Waals surface area contributed by atoms with Crippen molar-refractivity contribution in [3.8, 4) is 0 Å². The van der Waals surface area contributed by atoms with Gasteiger partial charge in [-0.3, -0.25) is 9.36 Å². The Morgan fingerprint density at radius 3 is 2.82 bits per heavy atom. The van der Waals surface area contributed by atoms with E-state index in [1.165, 1.54) is 17.8 Å². The first-order valence-corrected chi connectivity index (χ1v) is 9.98. The summed E-state index contributed by atoms with van der Waals surface area (Å²) in [7, 11) is 3.90. The third-order valence-corrected chi connectivity index (χ3v) is 5.53. The summed E-state index contributed by atoms with van der Waals surface area (Å²) < 4.78 is 28.3. The first-order valence-electron chi connectivity index (χ1n) is 9.00. The number of nitrogens with zero attached hydrogens (tertiary/aromatic N) is 3. The van der Waals surface area contributed by atoms with E-state index < -0.39 is 17.5 Å². The fourth-order valence-corrected chi connectivity index (χ4v) is 4.02. The van der Waals surface area contributed by atoms with Crippen LogP contribution in [0.25, 0.3) is 0 Å². The highest BCUT2D eigenvalue weighted by molar-refractivity contribution is 8.00. The number of hydrogen-bond donors (Lipinski definition) is 1. The van der Waals surface area contributed by atoms with Gasteiger partial charge >= 0.3 is 5.69 Å². The normalized spacial score (nSPS) is 13.0. The third-order valence-electron chi connectivity index (χ3n) is 4.52. The van der Waals surface area contributed by atoms with Gasteiger partial charge in [0.15, 0.2) is 0 Å².